The van der Waals surface area contributed by atoms with Crippen LogP contribution in [0.3, 0.4) is 0 Å². The SMILES string of the molecule is CCCCCOc1cccc(/C=N/NC(=O)CSc2n[nH]c(=O)[nH]c2=O)c1. The van der Waals surface area contributed by atoms with Crippen molar-refractivity contribution in [2.75, 3.05) is 12.4 Å². The molecule has 0 atom stereocenters. The van der Waals surface area contributed by atoms with Crippen molar-refractivity contribution in [3.63, 3.8) is 0 Å². The maximum absolute atomic E-state index is 11.8. The zero-order valence-electron chi connectivity index (χ0n) is 14.9. The number of H-pyrrole nitrogens is 2. The number of aromatic nitrogens is 3. The minimum Gasteiger partial charge on any atom is -0.494 e. The number of hydrogen-bond donors (Lipinski definition) is 3. The fourth-order valence-electron chi connectivity index (χ4n) is 2.01. The molecular formula is C17H21N5O4S. The quantitative estimate of drug-likeness (QED) is 0.242. The minimum atomic E-state index is -0.699. The molecule has 0 unspecified atom stereocenters. The second kappa shape index (κ2) is 11.0. The number of hydrazone groups is 1. The lowest BCUT2D eigenvalue weighted by molar-refractivity contribution is -0.118. The van der Waals surface area contributed by atoms with E-state index in [1.165, 1.54) is 6.21 Å². The molecule has 27 heavy (non-hydrogen) atoms. The molecule has 0 aliphatic rings. The number of hydrogen-bond acceptors (Lipinski definition) is 7. The van der Waals surface area contributed by atoms with Crippen LogP contribution in [-0.4, -0.2) is 39.7 Å². The van der Waals surface area contributed by atoms with Gasteiger partial charge in [-0.2, -0.15) is 10.2 Å². The van der Waals surface area contributed by atoms with Gasteiger partial charge in [-0.3, -0.25) is 14.6 Å². The summed E-state index contributed by atoms with van der Waals surface area (Å²) in [6.07, 6.45) is 4.79. The minimum absolute atomic E-state index is 0.00153. The Hall–Kier alpha value is -2.88. The molecule has 0 spiro atoms. The van der Waals surface area contributed by atoms with Crippen molar-refractivity contribution in [1.82, 2.24) is 20.6 Å². The summed E-state index contributed by atoms with van der Waals surface area (Å²) in [5, 5.41) is 9.56. The van der Waals surface area contributed by atoms with Crippen LogP contribution in [0.4, 0.5) is 0 Å². The van der Waals surface area contributed by atoms with Crippen molar-refractivity contribution in [2.24, 2.45) is 5.10 Å². The smallest absolute Gasteiger partial charge is 0.342 e. The van der Waals surface area contributed by atoms with E-state index >= 15 is 0 Å². The number of aromatic amines is 2. The van der Waals surface area contributed by atoms with Gasteiger partial charge in [0, 0.05) is 0 Å². The molecule has 0 saturated heterocycles. The molecule has 2 rings (SSSR count). The molecule has 1 aromatic heterocycles. The van der Waals surface area contributed by atoms with Gasteiger partial charge < -0.3 is 4.74 Å². The molecule has 10 heteroatoms. The first-order valence-electron chi connectivity index (χ1n) is 8.45. The van der Waals surface area contributed by atoms with Gasteiger partial charge in [-0.25, -0.2) is 15.3 Å². The molecular weight excluding hydrogens is 370 g/mol. The highest BCUT2D eigenvalue weighted by atomic mass is 32.2. The van der Waals surface area contributed by atoms with Crippen molar-refractivity contribution in [2.45, 2.75) is 31.2 Å². The summed E-state index contributed by atoms with van der Waals surface area (Å²) >= 11 is 0.895. The highest BCUT2D eigenvalue weighted by Gasteiger charge is 2.07. The van der Waals surface area contributed by atoms with Crippen LogP contribution in [0, 0.1) is 0 Å². The summed E-state index contributed by atoms with van der Waals surface area (Å²) < 4.78 is 5.67. The molecule has 144 valence electrons. The van der Waals surface area contributed by atoms with Crippen molar-refractivity contribution in [1.29, 1.82) is 0 Å². The predicted octanol–water partition coefficient (Wildman–Crippen LogP) is 1.27. The van der Waals surface area contributed by atoms with E-state index < -0.39 is 17.2 Å². The molecule has 1 heterocycles. The first-order valence-corrected chi connectivity index (χ1v) is 9.43. The van der Waals surface area contributed by atoms with Crippen molar-refractivity contribution < 1.29 is 9.53 Å². The number of nitrogens with one attached hydrogen (secondary N) is 3. The number of nitrogens with zero attached hydrogens (tertiary/aromatic N) is 2. The Balaban J connectivity index is 1.79. The fourth-order valence-corrected chi connectivity index (χ4v) is 2.63. The highest BCUT2D eigenvalue weighted by Crippen LogP contribution is 2.13. The van der Waals surface area contributed by atoms with Gasteiger partial charge in [0.2, 0.25) is 5.91 Å². The Bertz CT molecular complexity index is 893. The molecule has 0 radical (unpaired) electrons. The van der Waals surface area contributed by atoms with Gasteiger partial charge in [-0.1, -0.05) is 43.7 Å². The largest absolute Gasteiger partial charge is 0.494 e. The van der Waals surface area contributed by atoms with Gasteiger partial charge >= 0.3 is 5.69 Å². The summed E-state index contributed by atoms with van der Waals surface area (Å²) in [5.41, 5.74) is 1.81. The van der Waals surface area contributed by atoms with Gasteiger partial charge in [0.15, 0.2) is 5.03 Å². The number of carbonyl (C=O) groups excluding carboxylic acids is 1. The van der Waals surface area contributed by atoms with Crippen molar-refractivity contribution >= 4 is 23.9 Å². The zero-order chi connectivity index (χ0) is 19.5. The Morgan fingerprint density at radius 1 is 1.37 bits per heavy atom. The molecule has 0 aliphatic carbocycles. The molecule has 0 saturated carbocycles. The van der Waals surface area contributed by atoms with Gasteiger partial charge in [-0.15, -0.1) is 0 Å². The average Bonchev–Trinajstić information content (AvgIpc) is 2.65. The van der Waals surface area contributed by atoms with Crippen LogP contribution >= 0.6 is 11.8 Å². The van der Waals surface area contributed by atoms with Crippen LogP contribution < -0.4 is 21.4 Å². The Morgan fingerprint density at radius 3 is 3.00 bits per heavy atom. The lowest BCUT2D eigenvalue weighted by Gasteiger charge is -2.06. The number of thioether (sulfide) groups is 1. The second-order valence-corrected chi connectivity index (χ2v) is 6.49. The first-order chi connectivity index (χ1) is 13.1. The summed E-state index contributed by atoms with van der Waals surface area (Å²) in [5.74, 6) is 0.274. The van der Waals surface area contributed by atoms with Crippen LogP contribution in [0.5, 0.6) is 5.75 Å². The van der Waals surface area contributed by atoms with Crippen molar-refractivity contribution in [3.8, 4) is 5.75 Å². The van der Waals surface area contributed by atoms with E-state index in [1.54, 1.807) is 0 Å². The van der Waals surface area contributed by atoms with E-state index in [2.05, 4.69) is 27.6 Å². The maximum Gasteiger partial charge on any atom is 0.342 e. The van der Waals surface area contributed by atoms with Crippen LogP contribution in [0.2, 0.25) is 0 Å². The summed E-state index contributed by atoms with van der Waals surface area (Å²) in [6, 6.07) is 7.39. The highest BCUT2D eigenvalue weighted by molar-refractivity contribution is 7.99. The van der Waals surface area contributed by atoms with Crippen LogP contribution in [0.15, 0.2) is 44.0 Å². The lowest BCUT2D eigenvalue weighted by atomic mass is 10.2. The Labute approximate surface area is 159 Å². The molecule has 3 N–H and O–H groups in total. The van der Waals surface area contributed by atoms with Gasteiger partial charge in [0.05, 0.1) is 18.6 Å². The molecule has 1 amide bonds. The third kappa shape index (κ3) is 7.48. The summed E-state index contributed by atoms with van der Waals surface area (Å²) in [7, 11) is 0. The van der Waals surface area contributed by atoms with E-state index in [9.17, 15) is 14.4 Å². The standard InChI is InChI=1S/C17H21N5O4S/c1-2-3-4-8-26-13-7-5-6-12(9-13)10-18-20-14(23)11-27-16-15(24)19-17(25)22-21-16/h5-7,9-10H,2-4,8,11H2,1H3,(H,20,23)(H2,19,22,24,25)/b18-10+. The van der Waals surface area contributed by atoms with E-state index in [4.69, 9.17) is 4.74 Å². The van der Waals surface area contributed by atoms with E-state index in [0.717, 1.165) is 42.3 Å². The number of carbonyl (C=O) groups is 1. The molecule has 0 bridgehead atoms. The molecule has 0 aliphatic heterocycles. The lowest BCUT2D eigenvalue weighted by Crippen LogP contribution is -2.26. The number of ether oxygens (including phenoxy) is 1. The zero-order valence-corrected chi connectivity index (χ0v) is 15.7. The normalized spacial score (nSPS) is 10.9. The van der Waals surface area contributed by atoms with Gasteiger partial charge in [0.25, 0.3) is 5.56 Å². The first kappa shape index (κ1) is 20.4. The van der Waals surface area contributed by atoms with Crippen LogP contribution in [0.25, 0.3) is 0 Å². The third-order valence-electron chi connectivity index (χ3n) is 3.30. The van der Waals surface area contributed by atoms with Gasteiger partial charge in [0.1, 0.15) is 5.75 Å². The maximum atomic E-state index is 11.8. The van der Waals surface area contributed by atoms with E-state index in [0.29, 0.717) is 6.61 Å². The van der Waals surface area contributed by atoms with Crippen LogP contribution in [-0.2, 0) is 4.79 Å². The Kier molecular flexibility index (Phi) is 8.30. The summed E-state index contributed by atoms with van der Waals surface area (Å²) in [6.45, 7) is 2.80. The van der Waals surface area contributed by atoms with Crippen molar-refractivity contribution in [3.05, 3.63) is 50.7 Å². The predicted molar refractivity (Wildman–Crippen MR) is 103 cm³/mol. The number of amides is 1. The van der Waals surface area contributed by atoms with Crippen LogP contribution in [0.1, 0.15) is 31.7 Å². The van der Waals surface area contributed by atoms with Gasteiger partial charge in [-0.05, 0) is 24.1 Å². The Morgan fingerprint density at radius 2 is 2.22 bits per heavy atom. The molecule has 2 aromatic rings. The number of rotatable bonds is 10. The number of benzene rings is 1. The van der Waals surface area contributed by atoms with E-state index in [-0.39, 0.29) is 10.8 Å². The fraction of sp³-hybridized carbons (Fsp3) is 0.353. The molecule has 1 aromatic carbocycles. The molecule has 9 nitrogen and oxygen atoms in total. The average molecular weight is 391 g/mol. The number of unbranched alkanes of at least 4 members (excludes halogenated alkanes) is 2. The third-order valence-corrected chi connectivity index (χ3v) is 4.25. The topological polar surface area (TPSA) is 129 Å². The second-order valence-electron chi connectivity index (χ2n) is 5.52. The molecule has 0 fully saturated rings. The summed E-state index contributed by atoms with van der Waals surface area (Å²) in [4.78, 5) is 36.1. The van der Waals surface area contributed by atoms with E-state index in [1.807, 2.05) is 29.2 Å². The monoisotopic (exact) mass is 391 g/mol.